The van der Waals surface area contributed by atoms with Gasteiger partial charge in [0.1, 0.15) is 0 Å². The van der Waals surface area contributed by atoms with Gasteiger partial charge in [0.2, 0.25) is 5.91 Å². The van der Waals surface area contributed by atoms with Crippen LogP contribution >= 0.6 is 0 Å². The Morgan fingerprint density at radius 3 is 2.38 bits per heavy atom. The van der Waals surface area contributed by atoms with Crippen molar-refractivity contribution in [2.45, 2.75) is 26.3 Å². The van der Waals surface area contributed by atoms with E-state index in [0.717, 1.165) is 26.2 Å². The van der Waals surface area contributed by atoms with E-state index < -0.39 is 0 Å². The van der Waals surface area contributed by atoms with Crippen LogP contribution in [-0.4, -0.2) is 54.0 Å². The molecule has 1 saturated heterocycles. The molecule has 1 aromatic carbocycles. The van der Waals surface area contributed by atoms with Gasteiger partial charge in [0, 0.05) is 31.7 Å². The van der Waals surface area contributed by atoms with Crippen LogP contribution in [0.15, 0.2) is 24.3 Å². The third-order valence-corrected chi connectivity index (χ3v) is 3.92. The number of piperazine rings is 1. The SMILES string of the molecule is CC(C)(C)N1CCN(CC(=O)Nc2ccccc2N)CC1. The molecule has 1 amide bonds. The first kappa shape index (κ1) is 15.8. The number of hydrogen-bond acceptors (Lipinski definition) is 4. The van der Waals surface area contributed by atoms with Gasteiger partial charge >= 0.3 is 0 Å². The third-order valence-electron chi connectivity index (χ3n) is 3.92. The standard InChI is InChI=1S/C16H26N4O/c1-16(2,3)20-10-8-19(9-11-20)12-15(21)18-14-7-5-4-6-13(14)17/h4-7H,8-12,17H2,1-3H3,(H,18,21). The molecule has 3 N–H and O–H groups in total. The lowest BCUT2D eigenvalue weighted by molar-refractivity contribution is -0.117. The van der Waals surface area contributed by atoms with E-state index in [1.165, 1.54) is 0 Å². The molecule has 5 heteroatoms. The van der Waals surface area contributed by atoms with Crippen molar-refractivity contribution < 1.29 is 4.79 Å². The number of nitrogens with two attached hydrogens (primary N) is 1. The van der Waals surface area contributed by atoms with Crippen LogP contribution in [0.25, 0.3) is 0 Å². The molecule has 0 unspecified atom stereocenters. The van der Waals surface area contributed by atoms with Gasteiger partial charge in [0.15, 0.2) is 0 Å². The van der Waals surface area contributed by atoms with E-state index >= 15 is 0 Å². The summed E-state index contributed by atoms with van der Waals surface area (Å²) in [5.74, 6) is -0.00268. The first-order valence-electron chi connectivity index (χ1n) is 7.48. The smallest absolute Gasteiger partial charge is 0.238 e. The maximum atomic E-state index is 12.1. The lowest BCUT2D eigenvalue weighted by Crippen LogP contribution is -2.54. The molecular formula is C16H26N4O. The number of carbonyl (C=O) groups excluding carboxylic acids is 1. The van der Waals surface area contributed by atoms with Crippen LogP contribution in [0.3, 0.4) is 0 Å². The molecule has 0 aromatic heterocycles. The van der Waals surface area contributed by atoms with Gasteiger partial charge in [-0.2, -0.15) is 0 Å². The number of hydrogen-bond donors (Lipinski definition) is 2. The number of para-hydroxylation sites is 2. The minimum Gasteiger partial charge on any atom is -0.397 e. The topological polar surface area (TPSA) is 61.6 Å². The molecule has 0 aliphatic carbocycles. The zero-order chi connectivity index (χ0) is 15.5. The van der Waals surface area contributed by atoms with E-state index in [1.807, 2.05) is 18.2 Å². The van der Waals surface area contributed by atoms with E-state index in [-0.39, 0.29) is 11.4 Å². The zero-order valence-electron chi connectivity index (χ0n) is 13.2. The number of carbonyl (C=O) groups is 1. The number of nitrogens with one attached hydrogen (secondary N) is 1. The lowest BCUT2D eigenvalue weighted by Gasteiger charge is -2.42. The van der Waals surface area contributed by atoms with E-state index in [4.69, 9.17) is 5.73 Å². The first-order valence-corrected chi connectivity index (χ1v) is 7.48. The van der Waals surface area contributed by atoms with E-state index in [2.05, 4.69) is 35.9 Å². The van der Waals surface area contributed by atoms with Crippen LogP contribution in [0.2, 0.25) is 0 Å². The molecule has 0 atom stereocenters. The van der Waals surface area contributed by atoms with Crippen molar-refractivity contribution in [2.75, 3.05) is 43.8 Å². The van der Waals surface area contributed by atoms with Crippen molar-refractivity contribution in [3.05, 3.63) is 24.3 Å². The Hall–Kier alpha value is -1.59. The summed E-state index contributed by atoms with van der Waals surface area (Å²) in [7, 11) is 0. The highest BCUT2D eigenvalue weighted by Crippen LogP contribution is 2.17. The fourth-order valence-corrected chi connectivity index (χ4v) is 2.58. The molecule has 1 fully saturated rings. The highest BCUT2D eigenvalue weighted by molar-refractivity contribution is 5.95. The Labute approximate surface area is 127 Å². The molecule has 0 saturated carbocycles. The van der Waals surface area contributed by atoms with E-state index in [9.17, 15) is 4.79 Å². The molecule has 2 rings (SSSR count). The number of nitrogen functional groups attached to an aromatic ring is 1. The molecule has 1 aliphatic heterocycles. The summed E-state index contributed by atoms with van der Waals surface area (Å²) in [6.45, 7) is 11.0. The monoisotopic (exact) mass is 290 g/mol. The predicted octanol–water partition coefficient (Wildman–Crippen LogP) is 1.62. The highest BCUT2D eigenvalue weighted by atomic mass is 16.2. The number of rotatable bonds is 3. The lowest BCUT2D eigenvalue weighted by atomic mass is 10.1. The molecule has 1 aliphatic rings. The summed E-state index contributed by atoms with van der Waals surface area (Å²) in [6, 6.07) is 7.34. The molecule has 5 nitrogen and oxygen atoms in total. The summed E-state index contributed by atoms with van der Waals surface area (Å²) in [5, 5.41) is 2.88. The molecular weight excluding hydrogens is 264 g/mol. The summed E-state index contributed by atoms with van der Waals surface area (Å²) in [5.41, 5.74) is 7.33. The van der Waals surface area contributed by atoms with Gasteiger partial charge in [-0.1, -0.05) is 12.1 Å². The van der Waals surface area contributed by atoms with Crippen LogP contribution in [0, 0.1) is 0 Å². The zero-order valence-corrected chi connectivity index (χ0v) is 13.2. The Balaban J connectivity index is 1.81. The summed E-state index contributed by atoms with van der Waals surface area (Å²) >= 11 is 0. The fraction of sp³-hybridized carbons (Fsp3) is 0.562. The van der Waals surface area contributed by atoms with E-state index in [0.29, 0.717) is 17.9 Å². The number of anilines is 2. The van der Waals surface area contributed by atoms with Crippen molar-refractivity contribution in [1.82, 2.24) is 9.80 Å². The third kappa shape index (κ3) is 4.44. The normalized spacial score (nSPS) is 17.7. The molecule has 1 aromatic rings. The van der Waals surface area contributed by atoms with Gasteiger partial charge in [-0.05, 0) is 32.9 Å². The maximum Gasteiger partial charge on any atom is 0.238 e. The van der Waals surface area contributed by atoms with Crippen LogP contribution in [0.1, 0.15) is 20.8 Å². The summed E-state index contributed by atoms with van der Waals surface area (Å²) in [4.78, 5) is 16.7. The minimum atomic E-state index is -0.00268. The largest absolute Gasteiger partial charge is 0.397 e. The van der Waals surface area contributed by atoms with Crippen molar-refractivity contribution in [2.24, 2.45) is 0 Å². The summed E-state index contributed by atoms with van der Waals surface area (Å²) in [6.07, 6.45) is 0. The van der Waals surface area contributed by atoms with Gasteiger partial charge in [-0.3, -0.25) is 14.6 Å². The maximum absolute atomic E-state index is 12.1. The average molecular weight is 290 g/mol. The Bertz CT molecular complexity index is 487. The van der Waals surface area contributed by atoms with Crippen LogP contribution in [0.5, 0.6) is 0 Å². The molecule has 21 heavy (non-hydrogen) atoms. The van der Waals surface area contributed by atoms with Crippen molar-refractivity contribution in [1.29, 1.82) is 0 Å². The second-order valence-corrected chi connectivity index (χ2v) is 6.57. The predicted molar refractivity (Wildman–Crippen MR) is 87.3 cm³/mol. The van der Waals surface area contributed by atoms with Crippen LogP contribution < -0.4 is 11.1 Å². The second kappa shape index (κ2) is 6.45. The number of nitrogens with zero attached hydrogens (tertiary/aromatic N) is 2. The molecule has 0 radical (unpaired) electrons. The van der Waals surface area contributed by atoms with E-state index in [1.54, 1.807) is 6.07 Å². The van der Waals surface area contributed by atoms with Gasteiger partial charge in [0.05, 0.1) is 17.9 Å². The number of benzene rings is 1. The quantitative estimate of drug-likeness (QED) is 0.831. The Morgan fingerprint density at radius 2 is 1.81 bits per heavy atom. The second-order valence-electron chi connectivity index (χ2n) is 6.57. The Kier molecular flexibility index (Phi) is 4.85. The van der Waals surface area contributed by atoms with Crippen molar-refractivity contribution in [3.8, 4) is 0 Å². The first-order chi connectivity index (χ1) is 9.86. The van der Waals surface area contributed by atoms with Crippen molar-refractivity contribution in [3.63, 3.8) is 0 Å². The minimum absolute atomic E-state index is 0.00268. The molecule has 116 valence electrons. The van der Waals surface area contributed by atoms with Gasteiger partial charge < -0.3 is 11.1 Å². The molecule has 0 bridgehead atoms. The van der Waals surface area contributed by atoms with Gasteiger partial charge in [0.25, 0.3) is 0 Å². The van der Waals surface area contributed by atoms with Gasteiger partial charge in [-0.25, -0.2) is 0 Å². The molecule has 1 heterocycles. The average Bonchev–Trinajstić information content (AvgIpc) is 2.41. The van der Waals surface area contributed by atoms with Crippen LogP contribution in [0.4, 0.5) is 11.4 Å². The number of amides is 1. The van der Waals surface area contributed by atoms with Gasteiger partial charge in [-0.15, -0.1) is 0 Å². The van der Waals surface area contributed by atoms with Crippen molar-refractivity contribution >= 4 is 17.3 Å². The fourth-order valence-electron chi connectivity index (χ4n) is 2.58. The van der Waals surface area contributed by atoms with Crippen LogP contribution in [-0.2, 0) is 4.79 Å². The summed E-state index contributed by atoms with van der Waals surface area (Å²) < 4.78 is 0. The highest BCUT2D eigenvalue weighted by Gasteiger charge is 2.26. The molecule has 0 spiro atoms. The Morgan fingerprint density at radius 1 is 1.19 bits per heavy atom.